The smallest absolute Gasteiger partial charge is 0.325 e. The number of nitrogens with one attached hydrogen (secondary N) is 2. The molecule has 0 radical (unpaired) electrons. The number of aryl methyl sites for hydroxylation is 1. The average molecular weight is 453 g/mol. The fourth-order valence-corrected chi connectivity index (χ4v) is 3.95. The zero-order chi connectivity index (χ0) is 23.4. The number of amides is 4. The van der Waals surface area contributed by atoms with Crippen molar-refractivity contribution in [3.8, 4) is 5.75 Å². The van der Waals surface area contributed by atoms with Crippen molar-refractivity contribution in [3.63, 3.8) is 0 Å². The molecule has 1 atom stereocenters. The van der Waals surface area contributed by atoms with E-state index < -0.39 is 18.0 Å². The second-order valence-corrected chi connectivity index (χ2v) is 8.14. The van der Waals surface area contributed by atoms with Crippen LogP contribution in [0.2, 0.25) is 0 Å². The number of imide groups is 1. The number of urea groups is 1. The van der Waals surface area contributed by atoms with E-state index in [0.717, 1.165) is 11.1 Å². The predicted octanol–water partition coefficient (Wildman–Crippen LogP) is 2.08. The number of hydrogen-bond acceptors (Lipinski definition) is 6. The van der Waals surface area contributed by atoms with E-state index in [-0.39, 0.29) is 19.0 Å². The van der Waals surface area contributed by atoms with Crippen molar-refractivity contribution in [2.24, 2.45) is 0 Å². The van der Waals surface area contributed by atoms with Gasteiger partial charge in [0.1, 0.15) is 5.75 Å². The van der Waals surface area contributed by atoms with Gasteiger partial charge >= 0.3 is 6.03 Å². The maximum atomic E-state index is 13.0. The Morgan fingerprint density at radius 3 is 2.58 bits per heavy atom. The van der Waals surface area contributed by atoms with E-state index in [9.17, 15) is 14.4 Å². The first-order chi connectivity index (χ1) is 15.9. The Labute approximate surface area is 192 Å². The maximum Gasteiger partial charge on any atom is 0.325 e. The van der Waals surface area contributed by atoms with E-state index in [0.29, 0.717) is 43.4 Å². The number of anilines is 2. The molecule has 2 aromatic rings. The minimum absolute atomic E-state index is 0.0898. The highest BCUT2D eigenvalue weighted by Crippen LogP contribution is 2.33. The molecule has 1 unspecified atom stereocenters. The molecule has 2 heterocycles. The van der Waals surface area contributed by atoms with Crippen molar-refractivity contribution in [2.75, 3.05) is 49.6 Å². The summed E-state index contributed by atoms with van der Waals surface area (Å²) in [7, 11) is 0. The quantitative estimate of drug-likeness (QED) is 0.737. The summed E-state index contributed by atoms with van der Waals surface area (Å²) in [6.45, 7) is 6.00. The molecule has 4 amide bonds. The van der Waals surface area contributed by atoms with E-state index >= 15 is 0 Å². The maximum absolute atomic E-state index is 13.0. The van der Waals surface area contributed by atoms with Crippen molar-refractivity contribution < 1.29 is 23.9 Å². The Morgan fingerprint density at radius 1 is 1.03 bits per heavy atom. The summed E-state index contributed by atoms with van der Waals surface area (Å²) in [4.78, 5) is 41.6. The Balaban J connectivity index is 1.42. The van der Waals surface area contributed by atoms with Gasteiger partial charge in [-0.15, -0.1) is 0 Å². The lowest BCUT2D eigenvalue weighted by atomic mass is 10.1. The number of fused-ring (bicyclic) bond motifs is 1. The molecule has 174 valence electrons. The molecular formula is C24H28N4O5. The first-order valence-corrected chi connectivity index (χ1v) is 11.0. The topological polar surface area (TPSA) is 100 Å². The standard InChI is InChI=1S/C24H28N4O5/c1-16-6-5-7-18(17(16)2)25-24(31)26-22(29)15-28-14-21(23(30)27-10-12-32-13-11-27)33-20-9-4-3-8-19(20)28/h3-9,21H,10-15H2,1-2H3,(H2,25,26,29,31). The van der Waals surface area contributed by atoms with Crippen molar-refractivity contribution in [1.29, 1.82) is 0 Å². The van der Waals surface area contributed by atoms with E-state index in [2.05, 4.69) is 10.6 Å². The van der Waals surface area contributed by atoms with Gasteiger partial charge in [0.25, 0.3) is 5.91 Å². The summed E-state index contributed by atoms with van der Waals surface area (Å²) < 4.78 is 11.3. The molecule has 1 saturated heterocycles. The van der Waals surface area contributed by atoms with Gasteiger partial charge in [-0.3, -0.25) is 14.9 Å². The lowest BCUT2D eigenvalue weighted by Crippen LogP contribution is -2.54. The van der Waals surface area contributed by atoms with Gasteiger partial charge in [0.05, 0.1) is 32.0 Å². The molecule has 2 aromatic carbocycles. The fraction of sp³-hybridized carbons (Fsp3) is 0.375. The monoisotopic (exact) mass is 452 g/mol. The van der Waals surface area contributed by atoms with Gasteiger partial charge in [0.2, 0.25) is 5.91 Å². The van der Waals surface area contributed by atoms with Crippen LogP contribution in [0.15, 0.2) is 42.5 Å². The van der Waals surface area contributed by atoms with Crippen LogP contribution in [-0.4, -0.2) is 68.2 Å². The number of hydrogen-bond donors (Lipinski definition) is 2. The molecule has 0 bridgehead atoms. The molecule has 0 spiro atoms. The van der Waals surface area contributed by atoms with E-state index in [1.807, 2.05) is 44.2 Å². The summed E-state index contributed by atoms with van der Waals surface area (Å²) in [5, 5.41) is 5.10. The van der Waals surface area contributed by atoms with Crippen LogP contribution in [0.4, 0.5) is 16.2 Å². The van der Waals surface area contributed by atoms with Gasteiger partial charge < -0.3 is 24.6 Å². The van der Waals surface area contributed by atoms with Crippen LogP contribution in [0.1, 0.15) is 11.1 Å². The Bertz CT molecular complexity index is 1050. The molecular weight excluding hydrogens is 424 g/mol. The normalized spacial score (nSPS) is 17.6. The number of morpholine rings is 1. The molecule has 4 rings (SSSR count). The molecule has 0 aromatic heterocycles. The Morgan fingerprint density at radius 2 is 1.79 bits per heavy atom. The summed E-state index contributed by atoms with van der Waals surface area (Å²) in [6, 6.07) is 12.2. The van der Waals surface area contributed by atoms with Gasteiger partial charge in [0.15, 0.2) is 6.10 Å². The summed E-state index contributed by atoms with van der Waals surface area (Å²) in [6.07, 6.45) is -0.741. The van der Waals surface area contributed by atoms with Gasteiger partial charge in [-0.1, -0.05) is 24.3 Å². The second-order valence-electron chi connectivity index (χ2n) is 8.14. The van der Waals surface area contributed by atoms with Crippen molar-refractivity contribution in [1.82, 2.24) is 10.2 Å². The minimum atomic E-state index is -0.741. The van der Waals surface area contributed by atoms with E-state index in [1.54, 1.807) is 21.9 Å². The lowest BCUT2D eigenvalue weighted by molar-refractivity contribution is -0.142. The summed E-state index contributed by atoms with van der Waals surface area (Å²) in [5.74, 6) is -0.0824. The van der Waals surface area contributed by atoms with Crippen molar-refractivity contribution >= 4 is 29.2 Å². The number of nitrogens with zero attached hydrogens (tertiary/aromatic N) is 2. The van der Waals surface area contributed by atoms with Gasteiger partial charge in [-0.25, -0.2) is 4.79 Å². The number of rotatable bonds is 4. The van der Waals surface area contributed by atoms with E-state index in [1.165, 1.54) is 0 Å². The molecule has 0 aliphatic carbocycles. The predicted molar refractivity (Wildman–Crippen MR) is 124 cm³/mol. The molecule has 1 fully saturated rings. The zero-order valence-corrected chi connectivity index (χ0v) is 18.8. The highest BCUT2D eigenvalue weighted by atomic mass is 16.5. The third-order valence-corrected chi connectivity index (χ3v) is 5.90. The fourth-order valence-electron chi connectivity index (χ4n) is 3.95. The van der Waals surface area contributed by atoms with Crippen LogP contribution in [0.5, 0.6) is 5.75 Å². The first-order valence-electron chi connectivity index (χ1n) is 11.0. The first kappa shape index (κ1) is 22.6. The third-order valence-electron chi connectivity index (χ3n) is 5.90. The van der Waals surface area contributed by atoms with Crippen LogP contribution < -0.4 is 20.3 Å². The highest BCUT2D eigenvalue weighted by Gasteiger charge is 2.34. The molecule has 9 heteroatoms. The lowest BCUT2D eigenvalue weighted by Gasteiger charge is -2.37. The Hall–Kier alpha value is -3.59. The van der Waals surface area contributed by atoms with Crippen LogP contribution in [0.3, 0.4) is 0 Å². The molecule has 0 saturated carbocycles. The van der Waals surface area contributed by atoms with Crippen LogP contribution in [0.25, 0.3) is 0 Å². The SMILES string of the molecule is Cc1cccc(NC(=O)NC(=O)CN2CC(C(=O)N3CCOCC3)Oc3ccccc32)c1C. The highest BCUT2D eigenvalue weighted by molar-refractivity contribution is 6.03. The number of ether oxygens (including phenoxy) is 2. The van der Waals surface area contributed by atoms with Crippen LogP contribution in [-0.2, 0) is 14.3 Å². The molecule has 33 heavy (non-hydrogen) atoms. The molecule has 2 aliphatic rings. The largest absolute Gasteiger partial charge is 0.477 e. The molecule has 9 nitrogen and oxygen atoms in total. The molecule has 2 N–H and O–H groups in total. The third kappa shape index (κ3) is 5.25. The molecule has 2 aliphatic heterocycles. The zero-order valence-electron chi connectivity index (χ0n) is 18.8. The van der Waals surface area contributed by atoms with E-state index in [4.69, 9.17) is 9.47 Å². The minimum Gasteiger partial charge on any atom is -0.477 e. The Kier molecular flexibility index (Phi) is 6.79. The number of carbonyl (C=O) groups is 3. The van der Waals surface area contributed by atoms with Crippen LogP contribution in [0, 0.1) is 13.8 Å². The second kappa shape index (κ2) is 9.91. The number of carbonyl (C=O) groups excluding carboxylic acids is 3. The van der Waals surface area contributed by atoms with Gasteiger partial charge in [0, 0.05) is 18.8 Å². The van der Waals surface area contributed by atoms with Crippen LogP contribution >= 0.6 is 0 Å². The number of para-hydroxylation sites is 2. The number of benzene rings is 2. The summed E-state index contributed by atoms with van der Waals surface area (Å²) >= 11 is 0. The van der Waals surface area contributed by atoms with Crippen molar-refractivity contribution in [2.45, 2.75) is 20.0 Å². The summed E-state index contributed by atoms with van der Waals surface area (Å²) in [5.41, 5.74) is 3.33. The average Bonchev–Trinajstić information content (AvgIpc) is 2.82. The van der Waals surface area contributed by atoms with Gasteiger partial charge in [-0.05, 0) is 43.2 Å². The van der Waals surface area contributed by atoms with Gasteiger partial charge in [-0.2, -0.15) is 0 Å². The van der Waals surface area contributed by atoms with Crippen molar-refractivity contribution in [3.05, 3.63) is 53.6 Å².